The number of alkyl halides is 3. The van der Waals surface area contributed by atoms with Crippen LogP contribution in [0.5, 0.6) is 5.75 Å². The number of aryl methyl sites for hydroxylation is 2. The molecular formula is C17H20F3N3O6. The highest BCUT2D eigenvalue weighted by Crippen LogP contribution is 2.39. The number of rotatable bonds is 7. The van der Waals surface area contributed by atoms with E-state index < -0.39 is 30.6 Å². The quantitative estimate of drug-likeness (QED) is 0.180. The predicted molar refractivity (Wildman–Crippen MR) is 92.2 cm³/mol. The summed E-state index contributed by atoms with van der Waals surface area (Å²) in [7, 11) is 1.31. The van der Waals surface area contributed by atoms with Crippen molar-refractivity contribution in [1.29, 1.82) is 0 Å². The molecule has 0 saturated heterocycles. The Labute approximate surface area is 164 Å². The number of hydrogen-bond acceptors (Lipinski definition) is 7. The molecule has 12 heteroatoms. The van der Waals surface area contributed by atoms with Gasteiger partial charge in [0.05, 0.1) is 30.7 Å². The van der Waals surface area contributed by atoms with Crippen molar-refractivity contribution in [3.63, 3.8) is 0 Å². The van der Waals surface area contributed by atoms with Crippen molar-refractivity contribution >= 4 is 12.0 Å². The average molecular weight is 419 g/mol. The van der Waals surface area contributed by atoms with Crippen LogP contribution in [-0.2, 0) is 14.4 Å². The molecule has 0 unspecified atom stereocenters. The minimum absolute atomic E-state index is 0.0205. The fourth-order valence-corrected chi connectivity index (χ4v) is 2.62. The average Bonchev–Trinajstić information content (AvgIpc) is 2.63. The van der Waals surface area contributed by atoms with Gasteiger partial charge >= 0.3 is 12.1 Å². The Bertz CT molecular complexity index is 825. The summed E-state index contributed by atoms with van der Waals surface area (Å²) in [6.45, 7) is 2.12. The minimum atomic E-state index is -4.86. The highest BCUT2D eigenvalue weighted by Gasteiger charge is 2.49. The molecule has 0 aromatic heterocycles. The molecule has 0 amide bonds. The molecule has 1 aromatic carbocycles. The van der Waals surface area contributed by atoms with E-state index in [1.165, 1.54) is 7.05 Å². The highest BCUT2D eigenvalue weighted by atomic mass is 19.4. The van der Waals surface area contributed by atoms with E-state index >= 15 is 0 Å². The maximum atomic E-state index is 13.4. The fraction of sp³-hybridized carbons (Fsp3) is 0.471. The first kappa shape index (κ1) is 22.3. The number of ether oxygens (including phenoxy) is 2. The summed E-state index contributed by atoms with van der Waals surface area (Å²) in [6.07, 6.45) is -6.30. The Morgan fingerprint density at radius 1 is 1.41 bits per heavy atom. The molecule has 9 nitrogen and oxygen atoms in total. The fourth-order valence-electron chi connectivity index (χ4n) is 2.62. The molecule has 0 aliphatic carbocycles. The maximum absolute atomic E-state index is 13.4. The van der Waals surface area contributed by atoms with Crippen molar-refractivity contribution in [3.05, 3.63) is 39.6 Å². The van der Waals surface area contributed by atoms with Gasteiger partial charge in [0.25, 0.3) is 6.79 Å². The van der Waals surface area contributed by atoms with Gasteiger partial charge in [0.2, 0.25) is 11.4 Å². The van der Waals surface area contributed by atoms with Gasteiger partial charge in [-0.2, -0.15) is 13.2 Å². The van der Waals surface area contributed by atoms with E-state index in [1.54, 1.807) is 26.0 Å². The molecule has 1 aromatic rings. The number of esters is 1. The van der Waals surface area contributed by atoms with E-state index in [9.17, 15) is 23.2 Å². The van der Waals surface area contributed by atoms with Crippen molar-refractivity contribution in [2.75, 3.05) is 27.0 Å². The second-order valence-corrected chi connectivity index (χ2v) is 6.26. The van der Waals surface area contributed by atoms with E-state index in [-0.39, 0.29) is 23.9 Å². The van der Waals surface area contributed by atoms with Crippen LogP contribution in [0.3, 0.4) is 0 Å². The molecule has 1 atom stereocenters. The summed E-state index contributed by atoms with van der Waals surface area (Å²) in [5.41, 5.74) is 0.846. The molecule has 0 bridgehead atoms. The third kappa shape index (κ3) is 5.50. The van der Waals surface area contributed by atoms with E-state index in [4.69, 9.17) is 9.84 Å². The Kier molecular flexibility index (Phi) is 6.90. The van der Waals surface area contributed by atoms with Gasteiger partial charge in [0, 0.05) is 5.56 Å². The van der Waals surface area contributed by atoms with Gasteiger partial charge in [-0.25, -0.2) is 4.79 Å². The van der Waals surface area contributed by atoms with E-state index in [0.717, 1.165) is 16.6 Å². The lowest BCUT2D eigenvalue weighted by molar-refractivity contribution is -0.706. The van der Waals surface area contributed by atoms with Gasteiger partial charge in [0.1, 0.15) is 5.75 Å². The summed E-state index contributed by atoms with van der Waals surface area (Å²) >= 11 is 0. The van der Waals surface area contributed by atoms with E-state index in [1.807, 2.05) is 0 Å². The second-order valence-electron chi connectivity index (χ2n) is 6.26. The van der Waals surface area contributed by atoms with Crippen molar-refractivity contribution in [3.8, 4) is 5.75 Å². The van der Waals surface area contributed by atoms with Crippen LogP contribution in [0.1, 0.15) is 16.7 Å². The monoisotopic (exact) mass is 419 g/mol. The third-order valence-electron chi connectivity index (χ3n) is 3.90. The van der Waals surface area contributed by atoms with Crippen LogP contribution in [-0.4, -0.2) is 60.3 Å². The molecule has 160 valence electrons. The first-order valence-corrected chi connectivity index (χ1v) is 8.40. The summed E-state index contributed by atoms with van der Waals surface area (Å²) in [5, 5.41) is 24.1. The molecule has 29 heavy (non-hydrogen) atoms. The van der Waals surface area contributed by atoms with Crippen LogP contribution in [0, 0.1) is 19.1 Å². The van der Waals surface area contributed by atoms with Crippen LogP contribution in [0.15, 0.2) is 23.0 Å². The summed E-state index contributed by atoms with van der Waals surface area (Å²) < 4.78 is 50.0. The minimum Gasteiger partial charge on any atom is -0.569 e. The largest absolute Gasteiger partial charge is 0.569 e. The molecule has 2 rings (SSSR count). The van der Waals surface area contributed by atoms with Crippen LogP contribution < -0.4 is 4.74 Å². The van der Waals surface area contributed by atoms with Gasteiger partial charge in [-0.3, -0.25) is 0 Å². The van der Waals surface area contributed by atoms with Gasteiger partial charge in [-0.1, -0.05) is 11.6 Å². The molecule has 1 heterocycles. The van der Waals surface area contributed by atoms with Gasteiger partial charge < -0.3 is 24.6 Å². The SMILES string of the molecule is Cc1cc(C)c2c(c1)C=C(C(=O)OCO/N=[N+](\[O-])N(C)CCO)[C@@H](C(F)(F)F)O2. The number of benzene rings is 1. The first-order valence-electron chi connectivity index (χ1n) is 8.40. The molecule has 1 N–H and O–H groups in total. The summed E-state index contributed by atoms with van der Waals surface area (Å²) in [6, 6.07) is 3.25. The number of hydrogen-bond donors (Lipinski definition) is 1. The number of nitrogens with zero attached hydrogens (tertiary/aromatic N) is 3. The lowest BCUT2D eigenvalue weighted by Gasteiger charge is -2.29. The Balaban J connectivity index is 2.15. The number of likely N-dealkylation sites (N-methyl/N-ethyl adjacent to an activating group) is 1. The van der Waals surface area contributed by atoms with Crippen LogP contribution >= 0.6 is 0 Å². The van der Waals surface area contributed by atoms with Crippen molar-refractivity contribution in [1.82, 2.24) is 5.01 Å². The van der Waals surface area contributed by atoms with Crippen molar-refractivity contribution in [2.45, 2.75) is 26.1 Å². The van der Waals surface area contributed by atoms with Gasteiger partial charge in [0.15, 0.2) is 0 Å². The number of aliphatic hydroxyl groups is 1. The molecule has 1 aliphatic heterocycles. The molecule has 0 fully saturated rings. The third-order valence-corrected chi connectivity index (χ3v) is 3.90. The topological polar surface area (TPSA) is 107 Å². The maximum Gasteiger partial charge on any atom is 0.430 e. The van der Waals surface area contributed by atoms with Crippen molar-refractivity contribution in [2.24, 2.45) is 5.28 Å². The zero-order chi connectivity index (χ0) is 21.8. The predicted octanol–water partition coefficient (Wildman–Crippen LogP) is 2.24. The number of carbonyl (C=O) groups excluding carboxylic acids is 1. The smallest absolute Gasteiger partial charge is 0.430 e. The summed E-state index contributed by atoms with van der Waals surface area (Å²) in [4.78, 5) is 16.6. The van der Waals surface area contributed by atoms with Crippen LogP contribution in [0.25, 0.3) is 6.08 Å². The highest BCUT2D eigenvalue weighted by molar-refractivity contribution is 5.96. The number of fused-ring (bicyclic) bond motifs is 1. The number of carbonyl (C=O) groups is 1. The van der Waals surface area contributed by atoms with Crippen LogP contribution in [0.4, 0.5) is 13.2 Å². The van der Waals surface area contributed by atoms with Crippen molar-refractivity contribution < 1.29 is 42.4 Å². The normalized spacial score (nSPS) is 16.4. The number of halogens is 3. The zero-order valence-corrected chi connectivity index (χ0v) is 15.9. The Morgan fingerprint density at radius 2 is 2.10 bits per heavy atom. The first-order chi connectivity index (χ1) is 13.5. The zero-order valence-electron chi connectivity index (χ0n) is 15.9. The molecule has 0 radical (unpaired) electrons. The molecule has 0 spiro atoms. The Morgan fingerprint density at radius 3 is 2.72 bits per heavy atom. The lowest BCUT2D eigenvalue weighted by atomic mass is 9.97. The molecule has 0 saturated carbocycles. The molecule has 1 aliphatic rings. The van der Waals surface area contributed by atoms with Crippen LogP contribution in [0.2, 0.25) is 0 Å². The standard InChI is InChI=1S/C17H20F3N3O6/c1-10-6-11(2)14-12(7-10)8-13(15(29-14)17(18,19)20)16(25)27-9-28-21-23(26)22(3)4-5-24/h6-8,15,24H,4-5,9H2,1-3H3/b23-21-/t15-/m0/s1. The van der Waals surface area contributed by atoms with E-state index in [0.29, 0.717) is 11.1 Å². The lowest BCUT2D eigenvalue weighted by Crippen LogP contribution is -2.41. The number of aliphatic hydroxyl groups excluding tert-OH is 1. The Hall–Kier alpha value is -3.02. The number of hydrazine groups is 1. The molecular weight excluding hydrogens is 399 g/mol. The summed E-state index contributed by atoms with van der Waals surface area (Å²) in [5.74, 6) is -1.29. The van der Waals surface area contributed by atoms with Gasteiger partial charge in [-0.05, 0) is 31.6 Å². The second kappa shape index (κ2) is 8.99. The van der Waals surface area contributed by atoms with Gasteiger partial charge in [-0.15, -0.1) is 5.01 Å². The van der Waals surface area contributed by atoms with E-state index in [2.05, 4.69) is 14.9 Å².